The van der Waals surface area contributed by atoms with Crippen molar-refractivity contribution in [2.75, 3.05) is 38.3 Å². The van der Waals surface area contributed by atoms with Crippen LogP contribution in [0.3, 0.4) is 0 Å². The molecule has 1 aromatic heterocycles. The predicted octanol–water partition coefficient (Wildman–Crippen LogP) is 4.44. The summed E-state index contributed by atoms with van der Waals surface area (Å²) in [5.74, 6) is -0.293. The number of carbonyl (C=O) groups excluding carboxylic acids is 1. The van der Waals surface area contributed by atoms with E-state index in [4.69, 9.17) is 0 Å². The standard InChI is InChI=1S/C20H22N4O3S2/c1-13-5-6-14(11-17(13)24(26)27)19(25)23(10-9-22(2)3)20-21-16-8-7-15(28-4)12-18(16)29-20/h5-8,11-12H,9-10H2,1-4H3. The number of nitro benzene ring substituents is 1. The molecular weight excluding hydrogens is 408 g/mol. The van der Waals surface area contributed by atoms with Gasteiger partial charge in [0, 0.05) is 35.2 Å². The number of thioether (sulfide) groups is 1. The second-order valence-electron chi connectivity index (χ2n) is 6.85. The van der Waals surface area contributed by atoms with E-state index >= 15 is 0 Å². The summed E-state index contributed by atoms with van der Waals surface area (Å²) in [5, 5.41) is 11.9. The van der Waals surface area contributed by atoms with E-state index in [-0.39, 0.29) is 17.2 Å². The zero-order valence-electron chi connectivity index (χ0n) is 16.7. The maximum atomic E-state index is 13.3. The highest BCUT2D eigenvalue weighted by atomic mass is 32.2. The first kappa shape index (κ1) is 21.2. The lowest BCUT2D eigenvalue weighted by Gasteiger charge is -2.22. The molecule has 9 heteroatoms. The molecule has 0 aliphatic carbocycles. The number of carbonyl (C=O) groups is 1. The molecule has 0 radical (unpaired) electrons. The minimum absolute atomic E-state index is 0.0580. The quantitative estimate of drug-likeness (QED) is 0.313. The number of fused-ring (bicyclic) bond motifs is 1. The minimum Gasteiger partial charge on any atom is -0.308 e. The van der Waals surface area contributed by atoms with Crippen LogP contribution >= 0.6 is 23.1 Å². The van der Waals surface area contributed by atoms with Gasteiger partial charge in [0.05, 0.1) is 15.1 Å². The number of thiazole rings is 1. The monoisotopic (exact) mass is 430 g/mol. The number of nitro groups is 1. The van der Waals surface area contributed by atoms with Gasteiger partial charge in [-0.1, -0.05) is 17.4 Å². The van der Waals surface area contributed by atoms with Gasteiger partial charge >= 0.3 is 0 Å². The third kappa shape index (κ3) is 4.75. The van der Waals surface area contributed by atoms with Crippen molar-refractivity contribution in [2.24, 2.45) is 0 Å². The normalized spacial score (nSPS) is 11.2. The number of hydrogen-bond acceptors (Lipinski definition) is 7. The maximum Gasteiger partial charge on any atom is 0.273 e. The maximum absolute atomic E-state index is 13.3. The van der Waals surface area contributed by atoms with E-state index in [0.29, 0.717) is 23.8 Å². The first-order chi connectivity index (χ1) is 13.8. The summed E-state index contributed by atoms with van der Waals surface area (Å²) < 4.78 is 1.00. The van der Waals surface area contributed by atoms with Crippen molar-refractivity contribution in [1.82, 2.24) is 9.88 Å². The summed E-state index contributed by atoms with van der Waals surface area (Å²) in [7, 11) is 3.87. The Kier molecular flexibility index (Phi) is 6.51. The molecule has 3 rings (SSSR count). The van der Waals surface area contributed by atoms with Gasteiger partial charge in [-0.05, 0) is 51.5 Å². The summed E-state index contributed by atoms with van der Waals surface area (Å²) in [5.41, 5.74) is 1.58. The number of likely N-dealkylation sites (N-methyl/N-ethyl adjacent to an activating group) is 1. The zero-order chi connectivity index (χ0) is 21.1. The molecule has 3 aromatic rings. The number of aromatic nitrogens is 1. The average molecular weight is 431 g/mol. The molecule has 0 N–H and O–H groups in total. The molecule has 0 aliphatic rings. The van der Waals surface area contributed by atoms with Gasteiger partial charge in [-0.3, -0.25) is 19.8 Å². The third-order valence-corrected chi connectivity index (χ3v) is 6.25. The Morgan fingerprint density at radius 3 is 2.62 bits per heavy atom. The van der Waals surface area contributed by atoms with E-state index in [1.54, 1.807) is 35.7 Å². The van der Waals surface area contributed by atoms with Gasteiger partial charge in [0.25, 0.3) is 11.6 Å². The van der Waals surface area contributed by atoms with Crippen LogP contribution in [-0.2, 0) is 0 Å². The Bertz CT molecular complexity index is 1070. The molecule has 0 saturated heterocycles. The molecule has 0 unspecified atom stereocenters. The van der Waals surface area contributed by atoms with Crippen molar-refractivity contribution in [3.63, 3.8) is 0 Å². The van der Waals surface area contributed by atoms with E-state index in [1.165, 1.54) is 17.4 Å². The molecule has 2 aromatic carbocycles. The summed E-state index contributed by atoms with van der Waals surface area (Å²) in [6.45, 7) is 2.74. The van der Waals surface area contributed by atoms with Crippen LogP contribution in [0, 0.1) is 17.0 Å². The molecule has 29 heavy (non-hydrogen) atoms. The van der Waals surface area contributed by atoms with Crippen LogP contribution in [0.4, 0.5) is 10.8 Å². The van der Waals surface area contributed by atoms with E-state index in [1.807, 2.05) is 37.4 Å². The van der Waals surface area contributed by atoms with Crippen molar-refractivity contribution >= 4 is 50.0 Å². The van der Waals surface area contributed by atoms with Crippen molar-refractivity contribution < 1.29 is 9.72 Å². The second kappa shape index (κ2) is 8.89. The van der Waals surface area contributed by atoms with E-state index in [9.17, 15) is 14.9 Å². The van der Waals surface area contributed by atoms with Crippen LogP contribution in [0.1, 0.15) is 15.9 Å². The van der Waals surface area contributed by atoms with Gasteiger partial charge in [0.2, 0.25) is 0 Å². The Morgan fingerprint density at radius 1 is 1.21 bits per heavy atom. The molecule has 7 nitrogen and oxygen atoms in total. The topological polar surface area (TPSA) is 79.6 Å². The Hall–Kier alpha value is -2.49. The highest BCUT2D eigenvalue weighted by molar-refractivity contribution is 7.98. The Morgan fingerprint density at radius 2 is 1.97 bits per heavy atom. The number of hydrogen-bond donors (Lipinski definition) is 0. The molecule has 0 aliphatic heterocycles. The zero-order valence-corrected chi connectivity index (χ0v) is 18.3. The van der Waals surface area contributed by atoms with Crippen LogP contribution in [-0.4, -0.2) is 54.2 Å². The summed E-state index contributed by atoms with van der Waals surface area (Å²) in [6, 6.07) is 10.6. The smallest absolute Gasteiger partial charge is 0.273 e. The van der Waals surface area contributed by atoms with Gasteiger partial charge in [0.15, 0.2) is 5.13 Å². The molecule has 0 bridgehead atoms. The van der Waals surface area contributed by atoms with E-state index < -0.39 is 4.92 Å². The Balaban J connectivity index is 2.02. The van der Waals surface area contributed by atoms with Gasteiger partial charge in [0.1, 0.15) is 0 Å². The highest BCUT2D eigenvalue weighted by Gasteiger charge is 2.24. The number of aryl methyl sites for hydroxylation is 1. The fourth-order valence-corrected chi connectivity index (χ4v) is 4.36. The van der Waals surface area contributed by atoms with Crippen LogP contribution in [0.15, 0.2) is 41.3 Å². The van der Waals surface area contributed by atoms with Crippen molar-refractivity contribution in [3.8, 4) is 0 Å². The number of amides is 1. The first-order valence-corrected chi connectivity index (χ1v) is 11.0. The lowest BCUT2D eigenvalue weighted by Crippen LogP contribution is -2.36. The molecule has 0 saturated carbocycles. The number of nitrogens with zero attached hydrogens (tertiary/aromatic N) is 4. The highest BCUT2D eigenvalue weighted by Crippen LogP contribution is 2.32. The van der Waals surface area contributed by atoms with Crippen molar-refractivity contribution in [3.05, 3.63) is 57.6 Å². The SMILES string of the molecule is CSc1ccc2nc(N(CCN(C)C)C(=O)c3ccc(C)c([N+](=O)[O-])c3)sc2c1. The molecule has 1 heterocycles. The molecule has 1 amide bonds. The summed E-state index contributed by atoms with van der Waals surface area (Å²) in [6.07, 6.45) is 2.01. The van der Waals surface area contributed by atoms with Crippen LogP contribution < -0.4 is 4.90 Å². The van der Waals surface area contributed by atoms with Crippen molar-refractivity contribution in [2.45, 2.75) is 11.8 Å². The van der Waals surface area contributed by atoms with Crippen molar-refractivity contribution in [1.29, 1.82) is 0 Å². The van der Waals surface area contributed by atoms with Gasteiger partial charge in [-0.25, -0.2) is 4.98 Å². The second-order valence-corrected chi connectivity index (χ2v) is 8.74. The predicted molar refractivity (Wildman–Crippen MR) is 119 cm³/mol. The summed E-state index contributed by atoms with van der Waals surface area (Å²) >= 11 is 3.10. The molecular formula is C20H22N4O3S2. The number of rotatable bonds is 7. The molecule has 0 fully saturated rings. The van der Waals surface area contributed by atoms with Gasteiger partial charge in [-0.2, -0.15) is 0 Å². The lowest BCUT2D eigenvalue weighted by atomic mass is 10.1. The third-order valence-electron chi connectivity index (χ3n) is 4.48. The van der Waals surface area contributed by atoms with Crippen LogP contribution in [0.5, 0.6) is 0 Å². The minimum atomic E-state index is -0.460. The molecule has 0 spiro atoms. The fourth-order valence-electron chi connectivity index (χ4n) is 2.81. The molecule has 0 atom stereocenters. The first-order valence-electron chi connectivity index (χ1n) is 8.96. The Labute approximate surface area is 177 Å². The van der Waals surface area contributed by atoms with Crippen LogP contribution in [0.2, 0.25) is 0 Å². The lowest BCUT2D eigenvalue weighted by molar-refractivity contribution is -0.385. The van der Waals surface area contributed by atoms with Crippen LogP contribution in [0.25, 0.3) is 10.2 Å². The van der Waals surface area contributed by atoms with E-state index in [0.717, 1.165) is 15.1 Å². The number of anilines is 1. The number of benzene rings is 2. The largest absolute Gasteiger partial charge is 0.308 e. The summed E-state index contributed by atoms with van der Waals surface area (Å²) in [4.78, 5) is 33.5. The van der Waals surface area contributed by atoms with E-state index in [2.05, 4.69) is 11.1 Å². The molecule has 152 valence electrons. The van der Waals surface area contributed by atoms with Gasteiger partial charge < -0.3 is 4.90 Å². The average Bonchev–Trinajstić information content (AvgIpc) is 3.10. The fraction of sp³-hybridized carbons (Fsp3) is 0.300. The van der Waals surface area contributed by atoms with Gasteiger partial charge in [-0.15, -0.1) is 11.8 Å².